The van der Waals surface area contributed by atoms with Gasteiger partial charge >= 0.3 is 0 Å². The lowest BCUT2D eigenvalue weighted by molar-refractivity contribution is 0.402. The molecule has 88 valence electrons. The fourth-order valence-electron chi connectivity index (χ4n) is 1.92. The second kappa shape index (κ2) is 5.80. The fourth-order valence-corrected chi connectivity index (χ4v) is 1.92. The van der Waals surface area contributed by atoms with Gasteiger partial charge in [-0.1, -0.05) is 24.8 Å². The van der Waals surface area contributed by atoms with Crippen LogP contribution in [0, 0.1) is 0 Å². The van der Waals surface area contributed by atoms with E-state index >= 15 is 0 Å². The number of nitrogens with two attached hydrogens (primary N) is 2. The average Bonchev–Trinajstić information content (AvgIpc) is 2.27. The van der Waals surface area contributed by atoms with E-state index in [2.05, 4.69) is 23.6 Å². The van der Waals surface area contributed by atoms with Crippen molar-refractivity contribution < 1.29 is 0 Å². The zero-order valence-corrected chi connectivity index (χ0v) is 10.2. The molecule has 0 aliphatic carbocycles. The van der Waals surface area contributed by atoms with Crippen LogP contribution in [0.4, 0.5) is 0 Å². The Bertz CT molecular complexity index is 370. The van der Waals surface area contributed by atoms with E-state index in [-0.39, 0.29) is 0 Å². The van der Waals surface area contributed by atoms with Gasteiger partial charge in [0.2, 0.25) is 0 Å². The van der Waals surface area contributed by atoms with Gasteiger partial charge in [0.15, 0.2) is 0 Å². The minimum Gasteiger partial charge on any atom is -0.326 e. The van der Waals surface area contributed by atoms with Crippen LogP contribution in [0.2, 0.25) is 0 Å². The molecule has 3 heteroatoms. The second-order valence-electron chi connectivity index (χ2n) is 4.13. The third kappa shape index (κ3) is 2.70. The molecule has 0 spiro atoms. The summed E-state index contributed by atoms with van der Waals surface area (Å²) >= 11 is 0. The molecular formula is C13H21N3. The summed E-state index contributed by atoms with van der Waals surface area (Å²) in [5, 5.41) is 0. The Labute approximate surface area is 97.7 Å². The Balaban J connectivity index is 3.25. The van der Waals surface area contributed by atoms with Crippen molar-refractivity contribution in [3.05, 3.63) is 41.0 Å². The van der Waals surface area contributed by atoms with E-state index in [1.807, 2.05) is 20.2 Å². The highest BCUT2D eigenvalue weighted by Gasteiger charge is 2.09. The molecular weight excluding hydrogens is 198 g/mol. The lowest BCUT2D eigenvalue weighted by atomic mass is 9.95. The molecule has 0 aliphatic heterocycles. The Morgan fingerprint density at radius 2 is 1.81 bits per heavy atom. The normalized spacial score (nSPS) is 10.8. The van der Waals surface area contributed by atoms with E-state index in [1.165, 1.54) is 5.56 Å². The zero-order chi connectivity index (χ0) is 12.1. The summed E-state index contributed by atoms with van der Waals surface area (Å²) in [7, 11) is 4.09. The quantitative estimate of drug-likeness (QED) is 0.785. The highest BCUT2D eigenvalue weighted by Crippen LogP contribution is 2.21. The minimum atomic E-state index is 0.509. The van der Waals surface area contributed by atoms with Gasteiger partial charge in [-0.3, -0.25) is 0 Å². The Morgan fingerprint density at radius 1 is 1.19 bits per heavy atom. The van der Waals surface area contributed by atoms with Gasteiger partial charge in [-0.2, -0.15) is 0 Å². The number of hydrogen-bond acceptors (Lipinski definition) is 3. The lowest BCUT2D eigenvalue weighted by Crippen LogP contribution is -2.15. The highest BCUT2D eigenvalue weighted by atomic mass is 15.0. The van der Waals surface area contributed by atoms with E-state index in [1.54, 1.807) is 0 Å². The van der Waals surface area contributed by atoms with Crippen LogP contribution in [0.1, 0.15) is 22.3 Å². The van der Waals surface area contributed by atoms with Crippen LogP contribution in [0.15, 0.2) is 18.7 Å². The van der Waals surface area contributed by atoms with Crippen molar-refractivity contribution in [3.63, 3.8) is 0 Å². The third-order valence-electron chi connectivity index (χ3n) is 2.66. The summed E-state index contributed by atoms with van der Waals surface area (Å²) in [4.78, 5) is 2.13. The first-order chi connectivity index (χ1) is 7.63. The molecule has 0 heterocycles. The number of rotatable bonds is 5. The molecule has 0 saturated heterocycles. The maximum atomic E-state index is 5.79. The van der Waals surface area contributed by atoms with Crippen LogP contribution in [0.3, 0.4) is 0 Å². The summed E-state index contributed by atoms with van der Waals surface area (Å²) < 4.78 is 0. The lowest BCUT2D eigenvalue weighted by Gasteiger charge is -2.17. The molecule has 0 aromatic heterocycles. The average molecular weight is 219 g/mol. The van der Waals surface area contributed by atoms with Crippen LogP contribution in [-0.2, 0) is 19.6 Å². The molecule has 0 radical (unpaired) electrons. The van der Waals surface area contributed by atoms with Crippen molar-refractivity contribution in [1.29, 1.82) is 0 Å². The van der Waals surface area contributed by atoms with E-state index in [9.17, 15) is 0 Å². The van der Waals surface area contributed by atoms with Gasteiger partial charge in [-0.15, -0.1) is 0 Å². The monoisotopic (exact) mass is 219 g/mol. The van der Waals surface area contributed by atoms with Crippen molar-refractivity contribution in [2.75, 3.05) is 14.1 Å². The molecule has 0 unspecified atom stereocenters. The van der Waals surface area contributed by atoms with Gasteiger partial charge in [0, 0.05) is 19.6 Å². The summed E-state index contributed by atoms with van der Waals surface area (Å²) in [6.45, 7) is 5.79. The molecule has 0 bridgehead atoms. The van der Waals surface area contributed by atoms with E-state index in [0.29, 0.717) is 13.1 Å². The predicted octanol–water partition coefficient (Wildman–Crippen LogP) is 1.31. The van der Waals surface area contributed by atoms with Crippen LogP contribution in [0.5, 0.6) is 0 Å². The van der Waals surface area contributed by atoms with Crippen molar-refractivity contribution in [1.82, 2.24) is 4.90 Å². The second-order valence-corrected chi connectivity index (χ2v) is 4.13. The van der Waals surface area contributed by atoms with Crippen molar-refractivity contribution in [3.8, 4) is 0 Å². The Kier molecular flexibility index (Phi) is 4.68. The smallest absolute Gasteiger partial charge is 0.0233 e. The summed E-state index contributed by atoms with van der Waals surface area (Å²) in [5.74, 6) is 0. The highest BCUT2D eigenvalue weighted by molar-refractivity contribution is 5.59. The summed E-state index contributed by atoms with van der Waals surface area (Å²) in [6.07, 6.45) is 1.88. The van der Waals surface area contributed by atoms with Crippen LogP contribution >= 0.6 is 0 Å². The van der Waals surface area contributed by atoms with Gasteiger partial charge in [0.1, 0.15) is 0 Å². The first-order valence-corrected chi connectivity index (χ1v) is 5.45. The van der Waals surface area contributed by atoms with Crippen LogP contribution in [-0.4, -0.2) is 19.0 Å². The molecule has 0 amide bonds. The topological polar surface area (TPSA) is 55.3 Å². The van der Waals surface area contributed by atoms with Crippen molar-refractivity contribution in [2.45, 2.75) is 19.6 Å². The maximum Gasteiger partial charge on any atom is 0.0233 e. The molecule has 3 nitrogen and oxygen atoms in total. The summed E-state index contributed by atoms with van der Waals surface area (Å²) in [5.41, 5.74) is 16.1. The fraction of sp³-hybridized carbons (Fsp3) is 0.385. The van der Waals surface area contributed by atoms with Gasteiger partial charge in [0.25, 0.3) is 0 Å². The van der Waals surface area contributed by atoms with E-state index < -0.39 is 0 Å². The van der Waals surface area contributed by atoms with Gasteiger partial charge in [0.05, 0.1) is 0 Å². The summed E-state index contributed by atoms with van der Waals surface area (Å²) in [6, 6.07) is 4.17. The van der Waals surface area contributed by atoms with Gasteiger partial charge < -0.3 is 16.4 Å². The number of benzene rings is 1. The van der Waals surface area contributed by atoms with E-state index in [0.717, 1.165) is 23.2 Å². The molecule has 0 aliphatic rings. The molecule has 4 N–H and O–H groups in total. The predicted molar refractivity (Wildman–Crippen MR) is 69.7 cm³/mol. The molecule has 1 aromatic rings. The SMILES string of the molecule is C=Cc1c(CN(C)C)ccc(CN)c1CN. The maximum absolute atomic E-state index is 5.79. The standard InChI is InChI=1S/C13H21N3/c1-4-12-11(9-16(2)3)6-5-10(7-14)13(12)8-15/h4-6H,1,7-9,14-15H2,2-3H3. The third-order valence-corrected chi connectivity index (χ3v) is 2.66. The molecule has 0 atom stereocenters. The van der Waals surface area contributed by atoms with Gasteiger partial charge in [-0.25, -0.2) is 0 Å². The van der Waals surface area contributed by atoms with Crippen LogP contribution < -0.4 is 11.5 Å². The minimum absolute atomic E-state index is 0.509. The molecule has 1 aromatic carbocycles. The first kappa shape index (κ1) is 12.9. The van der Waals surface area contributed by atoms with Gasteiger partial charge in [-0.05, 0) is 36.3 Å². The Hall–Kier alpha value is -1.16. The molecule has 0 saturated carbocycles. The van der Waals surface area contributed by atoms with Crippen molar-refractivity contribution in [2.24, 2.45) is 11.5 Å². The Morgan fingerprint density at radius 3 is 2.25 bits per heavy atom. The zero-order valence-electron chi connectivity index (χ0n) is 10.2. The first-order valence-electron chi connectivity index (χ1n) is 5.45. The number of nitrogens with zero attached hydrogens (tertiary/aromatic N) is 1. The van der Waals surface area contributed by atoms with Crippen molar-refractivity contribution >= 4 is 6.08 Å². The molecule has 16 heavy (non-hydrogen) atoms. The largest absolute Gasteiger partial charge is 0.326 e. The number of hydrogen-bond donors (Lipinski definition) is 2. The van der Waals surface area contributed by atoms with Crippen LogP contribution in [0.25, 0.3) is 6.08 Å². The molecule has 1 rings (SSSR count). The molecule has 0 fully saturated rings. The van der Waals surface area contributed by atoms with E-state index in [4.69, 9.17) is 11.5 Å².